The van der Waals surface area contributed by atoms with Crippen molar-refractivity contribution in [3.05, 3.63) is 114 Å². The molecule has 0 aliphatic rings. The number of nitrogens with zero attached hydrogens (tertiary/aromatic N) is 2. The molecule has 1 amide bonds. The topological polar surface area (TPSA) is 107 Å². The van der Waals surface area contributed by atoms with Gasteiger partial charge in [0.25, 0.3) is 15.9 Å². The van der Waals surface area contributed by atoms with Crippen molar-refractivity contribution in [2.24, 2.45) is 5.10 Å². The van der Waals surface area contributed by atoms with Crippen LogP contribution in [0.5, 0.6) is 17.2 Å². The van der Waals surface area contributed by atoms with Crippen LogP contribution in [0, 0.1) is 6.92 Å². The molecule has 0 bridgehead atoms. The van der Waals surface area contributed by atoms with Gasteiger partial charge in [-0.3, -0.25) is 9.10 Å². The number of sulfonamides is 1. The number of carbonyl (C=O) groups is 1. The molecule has 0 unspecified atom stereocenters. The van der Waals surface area contributed by atoms with Crippen LogP contribution in [-0.4, -0.2) is 41.3 Å². The fraction of sp³-hybridized carbons (Fsp3) is 0.161. The van der Waals surface area contributed by atoms with E-state index in [4.69, 9.17) is 14.2 Å². The summed E-state index contributed by atoms with van der Waals surface area (Å²) in [4.78, 5) is 13.0. The zero-order chi connectivity index (χ0) is 29.2. The molecule has 1 N–H and O–H groups in total. The number of nitrogens with one attached hydrogen (secondary N) is 1. The highest BCUT2D eigenvalue weighted by molar-refractivity contribution is 7.92. The molecule has 0 radical (unpaired) electrons. The first-order valence-corrected chi connectivity index (χ1v) is 14.1. The van der Waals surface area contributed by atoms with Crippen molar-refractivity contribution >= 4 is 27.8 Å². The molecule has 0 saturated heterocycles. The number of ether oxygens (including phenoxy) is 3. The average molecular weight is 574 g/mol. The van der Waals surface area contributed by atoms with E-state index in [1.165, 1.54) is 32.6 Å². The third-order valence-corrected chi connectivity index (χ3v) is 7.85. The molecule has 0 spiro atoms. The summed E-state index contributed by atoms with van der Waals surface area (Å²) in [6.07, 6.45) is 1.44. The summed E-state index contributed by atoms with van der Waals surface area (Å²) >= 11 is 0. The second-order valence-corrected chi connectivity index (χ2v) is 10.9. The van der Waals surface area contributed by atoms with Gasteiger partial charge in [0, 0.05) is 6.07 Å². The van der Waals surface area contributed by atoms with Gasteiger partial charge >= 0.3 is 0 Å². The van der Waals surface area contributed by atoms with Gasteiger partial charge in [0.15, 0.2) is 11.5 Å². The summed E-state index contributed by atoms with van der Waals surface area (Å²) in [6.45, 7) is 1.74. The number of benzene rings is 4. The zero-order valence-corrected chi connectivity index (χ0v) is 23.8. The van der Waals surface area contributed by atoms with Crippen LogP contribution in [-0.2, 0) is 21.4 Å². The molecule has 10 heteroatoms. The van der Waals surface area contributed by atoms with Crippen molar-refractivity contribution < 1.29 is 27.4 Å². The Hall–Kier alpha value is -4.83. The molecule has 0 saturated carbocycles. The van der Waals surface area contributed by atoms with Gasteiger partial charge in [-0.25, -0.2) is 13.8 Å². The van der Waals surface area contributed by atoms with Crippen LogP contribution >= 0.6 is 0 Å². The number of amides is 1. The van der Waals surface area contributed by atoms with Gasteiger partial charge in [-0.1, -0.05) is 54.1 Å². The summed E-state index contributed by atoms with van der Waals surface area (Å²) in [5.41, 5.74) is 5.27. The van der Waals surface area contributed by atoms with Gasteiger partial charge < -0.3 is 14.2 Å². The molecule has 41 heavy (non-hydrogen) atoms. The maximum Gasteiger partial charge on any atom is 0.264 e. The molecule has 9 nitrogen and oxygen atoms in total. The lowest BCUT2D eigenvalue weighted by molar-refractivity contribution is -0.119. The Bertz CT molecular complexity index is 1610. The lowest BCUT2D eigenvalue weighted by Gasteiger charge is -2.24. The van der Waals surface area contributed by atoms with Gasteiger partial charge in [0.05, 0.1) is 31.0 Å². The van der Waals surface area contributed by atoms with Gasteiger partial charge in [0.1, 0.15) is 18.9 Å². The molecule has 0 aromatic heterocycles. The average Bonchev–Trinajstić information content (AvgIpc) is 2.99. The minimum absolute atomic E-state index is 0.0592. The summed E-state index contributed by atoms with van der Waals surface area (Å²) in [5, 5.41) is 4.02. The monoisotopic (exact) mass is 573 g/mol. The molecule has 0 atom stereocenters. The highest BCUT2D eigenvalue weighted by Crippen LogP contribution is 2.29. The highest BCUT2D eigenvalue weighted by Gasteiger charge is 2.27. The van der Waals surface area contributed by atoms with Crippen molar-refractivity contribution in [3.63, 3.8) is 0 Å². The van der Waals surface area contributed by atoms with E-state index in [0.29, 0.717) is 29.4 Å². The van der Waals surface area contributed by atoms with Crippen LogP contribution in [0.1, 0.15) is 16.7 Å². The smallest absolute Gasteiger partial charge is 0.264 e. The number of anilines is 1. The van der Waals surface area contributed by atoms with Crippen LogP contribution in [0.4, 0.5) is 5.69 Å². The Balaban J connectivity index is 1.47. The van der Waals surface area contributed by atoms with E-state index in [1.54, 1.807) is 54.6 Å². The van der Waals surface area contributed by atoms with Crippen molar-refractivity contribution in [1.29, 1.82) is 0 Å². The molecule has 4 aromatic carbocycles. The summed E-state index contributed by atoms with van der Waals surface area (Å²) in [5.74, 6) is 0.891. The Morgan fingerprint density at radius 1 is 0.878 bits per heavy atom. The Morgan fingerprint density at radius 3 is 2.34 bits per heavy atom. The van der Waals surface area contributed by atoms with Crippen LogP contribution in [0.2, 0.25) is 0 Å². The van der Waals surface area contributed by atoms with Crippen LogP contribution in [0.15, 0.2) is 107 Å². The van der Waals surface area contributed by atoms with Gasteiger partial charge in [-0.15, -0.1) is 0 Å². The fourth-order valence-electron chi connectivity index (χ4n) is 3.88. The second-order valence-electron chi connectivity index (χ2n) is 9.00. The van der Waals surface area contributed by atoms with E-state index in [2.05, 4.69) is 10.5 Å². The van der Waals surface area contributed by atoms with E-state index in [0.717, 1.165) is 15.4 Å². The second kappa shape index (κ2) is 13.5. The van der Waals surface area contributed by atoms with E-state index < -0.39 is 22.5 Å². The van der Waals surface area contributed by atoms with E-state index in [9.17, 15) is 13.2 Å². The molecule has 0 aliphatic heterocycles. The Labute approximate surface area is 240 Å². The Kier molecular flexibility index (Phi) is 9.60. The van der Waals surface area contributed by atoms with Gasteiger partial charge in [-0.2, -0.15) is 5.10 Å². The molecular weight excluding hydrogens is 542 g/mol. The Morgan fingerprint density at radius 2 is 1.63 bits per heavy atom. The maximum absolute atomic E-state index is 13.6. The van der Waals surface area contributed by atoms with Crippen LogP contribution < -0.4 is 23.9 Å². The predicted octanol–water partition coefficient (Wildman–Crippen LogP) is 4.94. The van der Waals surface area contributed by atoms with E-state index >= 15 is 0 Å². The quantitative estimate of drug-likeness (QED) is 0.190. The molecular formula is C31H31N3O6S. The number of hydrogen-bond acceptors (Lipinski definition) is 7. The maximum atomic E-state index is 13.6. The van der Waals surface area contributed by atoms with Crippen LogP contribution in [0.25, 0.3) is 0 Å². The third kappa shape index (κ3) is 7.64. The summed E-state index contributed by atoms with van der Waals surface area (Å²) in [7, 11) is -1.05. The predicted molar refractivity (Wildman–Crippen MR) is 158 cm³/mol. The third-order valence-electron chi connectivity index (χ3n) is 6.07. The first-order valence-electron chi connectivity index (χ1n) is 12.7. The minimum Gasteiger partial charge on any atom is -0.497 e. The van der Waals surface area contributed by atoms with Crippen molar-refractivity contribution in [1.82, 2.24) is 5.43 Å². The van der Waals surface area contributed by atoms with Crippen molar-refractivity contribution in [2.75, 3.05) is 25.1 Å². The van der Waals surface area contributed by atoms with Crippen molar-refractivity contribution in [3.8, 4) is 17.2 Å². The number of hydrogen-bond donors (Lipinski definition) is 1. The molecule has 0 fully saturated rings. The lowest BCUT2D eigenvalue weighted by Crippen LogP contribution is -2.39. The number of rotatable bonds is 12. The number of aryl methyl sites for hydroxylation is 1. The summed E-state index contributed by atoms with van der Waals surface area (Å²) in [6, 6.07) is 27.9. The molecule has 0 aliphatic carbocycles. The first kappa shape index (κ1) is 29.2. The summed E-state index contributed by atoms with van der Waals surface area (Å²) < 4.78 is 44.7. The van der Waals surface area contributed by atoms with Crippen LogP contribution in [0.3, 0.4) is 0 Å². The fourth-order valence-corrected chi connectivity index (χ4v) is 5.29. The van der Waals surface area contributed by atoms with Crippen molar-refractivity contribution in [2.45, 2.75) is 18.4 Å². The SMILES string of the molecule is COc1cccc(N(CC(=O)N/N=C/c2ccc(OCc3ccccc3)c(OC)c2)S(=O)(=O)c2ccc(C)cc2)c1. The molecule has 0 heterocycles. The zero-order valence-electron chi connectivity index (χ0n) is 23.0. The minimum atomic E-state index is -4.07. The highest BCUT2D eigenvalue weighted by atomic mass is 32.2. The largest absolute Gasteiger partial charge is 0.497 e. The van der Waals surface area contributed by atoms with E-state index in [1.807, 2.05) is 37.3 Å². The number of hydrazone groups is 1. The number of carbonyl (C=O) groups excluding carboxylic acids is 1. The molecule has 4 rings (SSSR count). The molecule has 212 valence electrons. The normalized spacial score (nSPS) is 11.2. The van der Waals surface area contributed by atoms with Gasteiger partial charge in [0.2, 0.25) is 0 Å². The van der Waals surface area contributed by atoms with E-state index in [-0.39, 0.29) is 10.6 Å². The first-order chi connectivity index (χ1) is 19.8. The lowest BCUT2D eigenvalue weighted by atomic mass is 10.2. The number of methoxy groups -OCH3 is 2. The van der Waals surface area contributed by atoms with Gasteiger partial charge in [-0.05, 0) is 60.5 Å². The molecule has 4 aromatic rings. The standard InChI is InChI=1S/C31H31N3O6S/c1-23-12-15-28(16-13-23)41(36,37)34(26-10-7-11-27(19-26)38-2)21-31(35)33-32-20-25-14-17-29(30(18-25)39-3)40-22-24-8-5-4-6-9-24/h4-20H,21-22H2,1-3H3,(H,33,35)/b32-20+.